The average molecular weight is 266 g/mol. The number of ether oxygens (including phenoxy) is 2. The highest BCUT2D eigenvalue weighted by molar-refractivity contribution is 5.32. The van der Waals surface area contributed by atoms with Crippen LogP contribution in [0.3, 0.4) is 0 Å². The van der Waals surface area contributed by atoms with Gasteiger partial charge in [-0.3, -0.25) is 10.2 Å². The Morgan fingerprint density at radius 1 is 1.47 bits per heavy atom. The van der Waals surface area contributed by atoms with Gasteiger partial charge in [-0.1, -0.05) is 6.07 Å². The van der Waals surface area contributed by atoms with E-state index < -0.39 is 0 Å². The summed E-state index contributed by atoms with van der Waals surface area (Å²) in [6, 6.07) is 7.58. The molecule has 1 heterocycles. The second-order valence-corrected chi connectivity index (χ2v) is 4.85. The van der Waals surface area contributed by atoms with Crippen LogP contribution in [0.5, 0.6) is 11.5 Å². The highest BCUT2D eigenvalue weighted by Crippen LogP contribution is 2.20. The normalized spacial score (nSPS) is 21.9. The van der Waals surface area contributed by atoms with Gasteiger partial charge in [0.2, 0.25) is 0 Å². The number of hydrogen-bond donors (Lipinski definition) is 2. The third kappa shape index (κ3) is 4.38. The van der Waals surface area contributed by atoms with Crippen molar-refractivity contribution in [2.24, 2.45) is 0 Å². The quantitative estimate of drug-likeness (QED) is 0.821. The summed E-state index contributed by atoms with van der Waals surface area (Å²) in [4.78, 5) is 2.20. The van der Waals surface area contributed by atoms with Gasteiger partial charge in [0.25, 0.3) is 0 Å². The number of β-amino-alcohol motifs (C(OH)–C–C–N with tert-alkyl or cyclic N) is 1. The summed E-state index contributed by atoms with van der Waals surface area (Å²) in [6.07, 6.45) is -0.366. The lowest BCUT2D eigenvalue weighted by atomic mass is 10.3. The molecule has 19 heavy (non-hydrogen) atoms. The van der Waals surface area contributed by atoms with Gasteiger partial charge in [-0.25, -0.2) is 0 Å². The second kappa shape index (κ2) is 6.75. The van der Waals surface area contributed by atoms with E-state index in [4.69, 9.17) is 9.47 Å². The first-order valence-electron chi connectivity index (χ1n) is 6.62. The molecule has 1 aliphatic heterocycles. The first-order chi connectivity index (χ1) is 9.17. The minimum atomic E-state index is -0.310. The van der Waals surface area contributed by atoms with Gasteiger partial charge in [0.05, 0.1) is 13.2 Å². The van der Waals surface area contributed by atoms with Gasteiger partial charge in [0.1, 0.15) is 11.5 Å². The monoisotopic (exact) mass is 266 g/mol. The van der Waals surface area contributed by atoms with Crippen molar-refractivity contribution in [2.45, 2.75) is 19.3 Å². The first-order valence-corrected chi connectivity index (χ1v) is 6.62. The molecule has 1 fully saturated rings. The number of methoxy groups -OCH3 is 1. The van der Waals surface area contributed by atoms with Gasteiger partial charge in [-0.2, -0.15) is 0 Å². The zero-order valence-electron chi connectivity index (χ0n) is 11.5. The Kier molecular flexibility index (Phi) is 5.01. The van der Waals surface area contributed by atoms with E-state index >= 15 is 0 Å². The van der Waals surface area contributed by atoms with E-state index in [1.807, 2.05) is 24.3 Å². The lowest BCUT2D eigenvalue weighted by molar-refractivity contribution is 0.0461. The molecular formula is C14H22N2O3. The molecule has 2 unspecified atom stereocenters. The van der Waals surface area contributed by atoms with Crippen LogP contribution in [0, 0.1) is 0 Å². The lowest BCUT2D eigenvalue weighted by Gasteiger charge is -2.34. The SMILES string of the molecule is COc1cccc(OC2CN(CC(C)O)CCN2)c1. The van der Waals surface area contributed by atoms with E-state index in [9.17, 15) is 5.11 Å². The smallest absolute Gasteiger partial charge is 0.163 e. The van der Waals surface area contributed by atoms with Crippen molar-refractivity contribution in [1.82, 2.24) is 10.2 Å². The van der Waals surface area contributed by atoms with Gasteiger partial charge in [0, 0.05) is 32.2 Å². The topological polar surface area (TPSA) is 54.0 Å². The summed E-state index contributed by atoms with van der Waals surface area (Å²) in [5, 5.41) is 12.8. The van der Waals surface area contributed by atoms with Gasteiger partial charge in [0.15, 0.2) is 6.23 Å². The molecule has 2 atom stereocenters. The van der Waals surface area contributed by atoms with Crippen molar-refractivity contribution in [3.63, 3.8) is 0 Å². The van der Waals surface area contributed by atoms with Gasteiger partial charge in [-0.05, 0) is 19.1 Å². The number of nitrogens with one attached hydrogen (secondary N) is 1. The molecule has 1 aliphatic rings. The van der Waals surface area contributed by atoms with E-state index in [1.165, 1.54) is 0 Å². The Hall–Kier alpha value is -1.30. The Morgan fingerprint density at radius 2 is 2.26 bits per heavy atom. The first kappa shape index (κ1) is 14.1. The summed E-state index contributed by atoms with van der Waals surface area (Å²) in [5.41, 5.74) is 0. The highest BCUT2D eigenvalue weighted by Gasteiger charge is 2.21. The van der Waals surface area contributed by atoms with E-state index in [2.05, 4.69) is 10.2 Å². The van der Waals surface area contributed by atoms with Crippen LogP contribution in [-0.2, 0) is 0 Å². The molecule has 1 aromatic rings. The fourth-order valence-electron chi connectivity index (χ4n) is 2.23. The molecule has 106 valence electrons. The third-order valence-electron chi connectivity index (χ3n) is 3.07. The van der Waals surface area contributed by atoms with E-state index in [0.29, 0.717) is 6.54 Å². The summed E-state index contributed by atoms with van der Waals surface area (Å²) >= 11 is 0. The number of aliphatic hydroxyl groups is 1. The van der Waals surface area contributed by atoms with E-state index in [0.717, 1.165) is 31.1 Å². The molecule has 2 rings (SSSR count). The fourth-order valence-corrected chi connectivity index (χ4v) is 2.23. The lowest BCUT2D eigenvalue weighted by Crippen LogP contribution is -2.54. The van der Waals surface area contributed by atoms with Gasteiger partial charge >= 0.3 is 0 Å². The van der Waals surface area contributed by atoms with Gasteiger partial charge < -0.3 is 14.6 Å². The van der Waals surface area contributed by atoms with Crippen LogP contribution in [-0.4, -0.2) is 55.6 Å². The fraction of sp³-hybridized carbons (Fsp3) is 0.571. The Labute approximate surface area is 114 Å². The minimum Gasteiger partial charge on any atom is -0.497 e. The molecule has 0 aliphatic carbocycles. The molecule has 2 N–H and O–H groups in total. The number of rotatable bonds is 5. The van der Waals surface area contributed by atoms with Crippen molar-refractivity contribution in [1.29, 1.82) is 0 Å². The van der Waals surface area contributed by atoms with E-state index in [1.54, 1.807) is 14.0 Å². The molecule has 5 nitrogen and oxygen atoms in total. The average Bonchev–Trinajstić information content (AvgIpc) is 2.38. The van der Waals surface area contributed by atoms with Crippen molar-refractivity contribution < 1.29 is 14.6 Å². The van der Waals surface area contributed by atoms with Crippen molar-refractivity contribution in [3.8, 4) is 11.5 Å². The Morgan fingerprint density at radius 3 is 3.00 bits per heavy atom. The molecule has 0 saturated carbocycles. The van der Waals surface area contributed by atoms with Crippen LogP contribution in [0.2, 0.25) is 0 Å². The zero-order valence-corrected chi connectivity index (χ0v) is 11.5. The van der Waals surface area contributed by atoms with Crippen molar-refractivity contribution in [2.75, 3.05) is 33.3 Å². The maximum Gasteiger partial charge on any atom is 0.163 e. The molecule has 0 bridgehead atoms. The second-order valence-electron chi connectivity index (χ2n) is 4.85. The molecule has 0 aromatic heterocycles. The maximum absolute atomic E-state index is 9.43. The van der Waals surface area contributed by atoms with Crippen LogP contribution in [0.15, 0.2) is 24.3 Å². The van der Waals surface area contributed by atoms with Crippen molar-refractivity contribution in [3.05, 3.63) is 24.3 Å². The molecule has 0 amide bonds. The van der Waals surface area contributed by atoms with Crippen LogP contribution >= 0.6 is 0 Å². The van der Waals surface area contributed by atoms with Crippen LogP contribution in [0.4, 0.5) is 0 Å². The molecular weight excluding hydrogens is 244 g/mol. The largest absolute Gasteiger partial charge is 0.497 e. The molecule has 0 radical (unpaired) electrons. The zero-order chi connectivity index (χ0) is 13.7. The highest BCUT2D eigenvalue weighted by atomic mass is 16.5. The predicted octanol–water partition coefficient (Wildman–Crippen LogP) is 0.686. The minimum absolute atomic E-state index is 0.0559. The number of nitrogens with zero attached hydrogens (tertiary/aromatic N) is 1. The van der Waals surface area contributed by atoms with Crippen LogP contribution in [0.1, 0.15) is 6.92 Å². The third-order valence-corrected chi connectivity index (χ3v) is 3.07. The molecule has 1 aromatic carbocycles. The van der Waals surface area contributed by atoms with Crippen LogP contribution in [0.25, 0.3) is 0 Å². The molecule has 5 heteroatoms. The van der Waals surface area contributed by atoms with Gasteiger partial charge in [-0.15, -0.1) is 0 Å². The Balaban J connectivity index is 1.90. The van der Waals surface area contributed by atoms with E-state index in [-0.39, 0.29) is 12.3 Å². The maximum atomic E-state index is 9.43. The number of benzene rings is 1. The Bertz CT molecular complexity index is 398. The molecule has 0 spiro atoms. The summed E-state index contributed by atoms with van der Waals surface area (Å²) in [7, 11) is 1.64. The summed E-state index contributed by atoms with van der Waals surface area (Å²) < 4.78 is 11.1. The van der Waals surface area contributed by atoms with Crippen molar-refractivity contribution >= 4 is 0 Å². The molecule has 1 saturated heterocycles. The summed E-state index contributed by atoms with van der Waals surface area (Å²) in [6.45, 7) is 5.05. The van der Waals surface area contributed by atoms with Crippen LogP contribution < -0.4 is 14.8 Å². The number of piperazine rings is 1. The number of aliphatic hydroxyl groups excluding tert-OH is 1. The number of hydrogen-bond acceptors (Lipinski definition) is 5. The summed E-state index contributed by atoms with van der Waals surface area (Å²) in [5.74, 6) is 1.57. The predicted molar refractivity (Wildman–Crippen MR) is 73.5 cm³/mol. The standard InChI is InChI=1S/C14H22N2O3/c1-11(17)9-16-7-6-15-14(10-16)19-13-5-3-4-12(8-13)18-2/h3-5,8,11,14-15,17H,6-7,9-10H2,1-2H3.